The number of esters is 2. The number of carbonyl (C=O) groups excluding carboxylic acids is 2. The molecular weight excluding hydrogens is 573 g/mol. The fourth-order valence-corrected chi connectivity index (χ4v) is 3.74. The Morgan fingerprint density at radius 1 is 0.947 bits per heavy atom. The summed E-state index contributed by atoms with van der Waals surface area (Å²) in [4.78, 5) is 31.8. The molecule has 0 aromatic carbocycles. The van der Waals surface area contributed by atoms with Crippen LogP contribution in [0.1, 0.15) is 59.8 Å². The van der Waals surface area contributed by atoms with Crippen molar-refractivity contribution in [1.82, 2.24) is 9.97 Å². The molecule has 2 atom stereocenters. The molecule has 0 spiro atoms. The van der Waals surface area contributed by atoms with E-state index in [4.69, 9.17) is 18.9 Å². The minimum atomic E-state index is -0.376. The molecule has 2 aromatic heterocycles. The van der Waals surface area contributed by atoms with E-state index in [0.29, 0.717) is 54.3 Å². The number of carbonyl (C=O) groups is 2. The number of aromatic nitrogens is 2. The van der Waals surface area contributed by atoms with Crippen LogP contribution in [0.25, 0.3) is 0 Å². The molecule has 38 heavy (non-hydrogen) atoms. The van der Waals surface area contributed by atoms with Crippen molar-refractivity contribution in [3.63, 3.8) is 0 Å². The van der Waals surface area contributed by atoms with Gasteiger partial charge >= 0.3 is 36.7 Å². The summed E-state index contributed by atoms with van der Waals surface area (Å²) in [5.74, 6) is -0.0605. The van der Waals surface area contributed by atoms with Gasteiger partial charge in [-0.25, -0.2) is 19.6 Å². The van der Waals surface area contributed by atoms with Crippen molar-refractivity contribution in [3.05, 3.63) is 57.6 Å². The van der Waals surface area contributed by atoms with Crippen LogP contribution < -0.4 is 0 Å². The van der Waals surface area contributed by atoms with Crippen molar-refractivity contribution in [2.45, 2.75) is 40.5 Å². The van der Waals surface area contributed by atoms with Crippen LogP contribution in [0.3, 0.4) is 0 Å². The third-order valence-corrected chi connectivity index (χ3v) is 5.25. The van der Waals surface area contributed by atoms with Gasteiger partial charge in [0.15, 0.2) is 11.4 Å². The molecule has 0 saturated carbocycles. The van der Waals surface area contributed by atoms with Gasteiger partial charge in [-0.2, -0.15) is 0 Å². The Bertz CT molecular complexity index is 986. The van der Waals surface area contributed by atoms with Gasteiger partial charge in [0.05, 0.1) is 13.2 Å². The Kier molecular flexibility index (Phi) is 20.5. The first-order valence-corrected chi connectivity index (χ1v) is 13.3. The first kappa shape index (κ1) is 35.9. The quantitative estimate of drug-likeness (QED) is 0.153. The standard InChI is InChI=1S/C13H18BrNO3.C13H19NO3.BHNS/c1-4-18-13(16)12-10(5-6-11(14)15-12)7-9(2)8-17-3;1-4-17-13(15)12-11(6-5-7-14-12)8-10(2)9-16-3;1-2-3/h5-6,9H,4,7-8H2,1-3H3;5-7,10H,4,8-9H2,1-3H3;3H. The second kappa shape index (κ2) is 21.8. The third-order valence-electron chi connectivity index (χ3n) is 4.81. The van der Waals surface area contributed by atoms with Crippen LogP contribution in [-0.2, 0) is 31.8 Å². The summed E-state index contributed by atoms with van der Waals surface area (Å²) >= 11 is 6.46. The summed E-state index contributed by atoms with van der Waals surface area (Å²) in [5, 5.41) is 0. The molecular formula is C26H38BBrN3O6S. The molecule has 2 rings (SSSR count). The second-order valence-electron chi connectivity index (χ2n) is 8.24. The van der Waals surface area contributed by atoms with E-state index >= 15 is 0 Å². The predicted octanol–water partition coefficient (Wildman–Crippen LogP) is 5.11. The van der Waals surface area contributed by atoms with Crippen molar-refractivity contribution in [2.24, 2.45) is 16.1 Å². The number of nitrogens with zero attached hydrogens (tertiary/aromatic N) is 3. The van der Waals surface area contributed by atoms with Crippen LogP contribution in [0, 0.1) is 11.8 Å². The minimum absolute atomic E-state index is 0.325. The Hall–Kier alpha value is -2.15. The van der Waals surface area contributed by atoms with Gasteiger partial charge in [0.1, 0.15) is 4.60 Å². The van der Waals surface area contributed by atoms with E-state index in [1.807, 2.05) is 24.3 Å². The zero-order valence-electron chi connectivity index (χ0n) is 23.0. The third kappa shape index (κ3) is 14.7. The number of hydrogen-bond donors (Lipinski definition) is 1. The maximum absolute atomic E-state index is 11.8. The van der Waals surface area contributed by atoms with Gasteiger partial charge in [-0.15, -0.1) is 0 Å². The van der Waals surface area contributed by atoms with Crippen molar-refractivity contribution in [1.29, 1.82) is 0 Å². The second-order valence-corrected chi connectivity index (χ2v) is 9.28. The van der Waals surface area contributed by atoms with Crippen molar-refractivity contribution in [2.75, 3.05) is 40.6 Å². The van der Waals surface area contributed by atoms with Crippen molar-refractivity contribution < 1.29 is 28.5 Å². The van der Waals surface area contributed by atoms with Crippen LogP contribution in [-0.4, -0.2) is 70.2 Å². The number of pyridine rings is 2. The van der Waals surface area contributed by atoms with Crippen molar-refractivity contribution in [3.8, 4) is 0 Å². The van der Waals surface area contributed by atoms with E-state index in [-0.39, 0.29) is 11.9 Å². The number of thiol groups is 1. The summed E-state index contributed by atoms with van der Waals surface area (Å²) in [6.45, 7) is 9.74. The Morgan fingerprint density at radius 2 is 1.42 bits per heavy atom. The normalized spacial score (nSPS) is 11.6. The number of halogens is 1. The van der Waals surface area contributed by atoms with Crippen LogP contribution in [0.5, 0.6) is 0 Å². The molecule has 0 saturated heterocycles. The molecule has 0 aliphatic rings. The number of ether oxygens (including phenoxy) is 4. The molecule has 209 valence electrons. The average Bonchev–Trinajstić information content (AvgIpc) is 2.87. The monoisotopic (exact) mass is 610 g/mol. The van der Waals surface area contributed by atoms with Gasteiger partial charge in [-0.1, -0.05) is 26.0 Å². The molecule has 9 nitrogen and oxygen atoms in total. The zero-order chi connectivity index (χ0) is 28.9. The molecule has 0 bridgehead atoms. The summed E-state index contributed by atoms with van der Waals surface area (Å²) in [6, 6.07) is 7.47. The molecule has 0 aliphatic carbocycles. The molecule has 0 fully saturated rings. The number of rotatable bonds is 12. The summed E-state index contributed by atoms with van der Waals surface area (Å²) in [7, 11) is 7.68. The first-order chi connectivity index (χ1) is 18.2. The molecule has 2 heterocycles. The van der Waals surface area contributed by atoms with Crippen LogP contribution in [0.4, 0.5) is 0 Å². The van der Waals surface area contributed by atoms with E-state index in [0.717, 1.165) is 24.0 Å². The maximum atomic E-state index is 11.8. The van der Waals surface area contributed by atoms with E-state index < -0.39 is 0 Å². The zero-order valence-corrected chi connectivity index (χ0v) is 25.5. The molecule has 0 amide bonds. The van der Waals surface area contributed by atoms with E-state index in [1.165, 1.54) is 0 Å². The Morgan fingerprint density at radius 3 is 1.89 bits per heavy atom. The van der Waals surface area contributed by atoms with Gasteiger partial charge in [0.25, 0.3) is 0 Å². The molecule has 0 N–H and O–H groups in total. The van der Waals surface area contributed by atoms with Gasteiger partial charge in [-0.3, -0.25) is 0 Å². The molecule has 0 aliphatic heterocycles. The predicted molar refractivity (Wildman–Crippen MR) is 155 cm³/mol. The summed E-state index contributed by atoms with van der Waals surface area (Å²) in [6.07, 6.45) is 3.11. The molecule has 2 unspecified atom stereocenters. The summed E-state index contributed by atoms with van der Waals surface area (Å²) in [5.41, 5.74) is 2.60. The van der Waals surface area contributed by atoms with Crippen LogP contribution in [0.2, 0.25) is 0 Å². The molecule has 12 heteroatoms. The van der Waals surface area contributed by atoms with Gasteiger partial charge in [-0.05, 0) is 77.7 Å². The topological polar surface area (TPSA) is 109 Å². The molecule has 2 aromatic rings. The fourth-order valence-electron chi connectivity index (χ4n) is 3.43. The van der Waals surface area contributed by atoms with E-state index in [1.54, 1.807) is 34.3 Å². The Labute approximate surface area is 241 Å². The van der Waals surface area contributed by atoms with Gasteiger partial charge < -0.3 is 18.9 Å². The molecule has 1 radical (unpaired) electrons. The van der Waals surface area contributed by atoms with Crippen molar-refractivity contribution >= 4 is 48.3 Å². The average molecular weight is 611 g/mol. The van der Waals surface area contributed by atoms with Gasteiger partial charge in [0, 0.05) is 33.6 Å². The van der Waals surface area contributed by atoms with Crippen LogP contribution in [0.15, 0.2) is 39.4 Å². The number of methoxy groups -OCH3 is 2. The SMILES string of the molecule is CCOC(=O)c1nc(Br)ccc1CC(C)COC.CCOC(=O)c1ncccc1CC(C)COC.[B]=NS. The fraction of sp³-hybridized carbons (Fsp3) is 0.538. The Balaban J connectivity index is 0.000000654. The van der Waals surface area contributed by atoms with Crippen LogP contribution >= 0.6 is 28.7 Å². The number of hydrogen-bond acceptors (Lipinski definition) is 10. The first-order valence-electron chi connectivity index (χ1n) is 12.1. The van der Waals surface area contributed by atoms with Gasteiger partial charge in [0.2, 0.25) is 0 Å². The van der Waals surface area contributed by atoms with E-state index in [2.05, 4.69) is 64.5 Å². The van der Waals surface area contributed by atoms with E-state index in [9.17, 15) is 9.59 Å². The summed E-state index contributed by atoms with van der Waals surface area (Å²) < 4.78 is 23.5.